The van der Waals surface area contributed by atoms with E-state index in [4.69, 9.17) is 11.6 Å². The van der Waals surface area contributed by atoms with Crippen LogP contribution in [0.25, 0.3) is 0 Å². The van der Waals surface area contributed by atoms with Gasteiger partial charge in [0.25, 0.3) is 0 Å². The summed E-state index contributed by atoms with van der Waals surface area (Å²) in [6, 6.07) is 4.63. The first-order valence-electron chi connectivity index (χ1n) is 5.79. The van der Waals surface area contributed by atoms with Crippen LogP contribution >= 0.6 is 11.6 Å². The predicted molar refractivity (Wildman–Crippen MR) is 75.1 cm³/mol. The van der Waals surface area contributed by atoms with Gasteiger partial charge in [0.15, 0.2) is 0 Å². The van der Waals surface area contributed by atoms with E-state index in [1.807, 2.05) is 6.92 Å². The molecule has 2 aromatic rings. The number of hydrogen-bond donors (Lipinski definition) is 2. The van der Waals surface area contributed by atoms with E-state index in [1.165, 1.54) is 6.07 Å². The fourth-order valence-electron chi connectivity index (χ4n) is 1.58. The number of nitrogens with zero attached hydrogens (tertiary/aromatic N) is 2. The third-order valence-corrected chi connectivity index (χ3v) is 2.93. The fourth-order valence-corrected chi connectivity index (χ4v) is 1.78. The second kappa shape index (κ2) is 5.84. The molecular weight excluding hydrogens is 267 g/mol. The SMILES string of the molecule is CNc1ncc(C)c(NCc2ccc(F)c(Cl)c2)n1. The topological polar surface area (TPSA) is 49.8 Å². The Balaban J connectivity index is 2.11. The Hall–Kier alpha value is -1.88. The van der Waals surface area contributed by atoms with Crippen LogP contribution in [0.2, 0.25) is 5.02 Å². The maximum atomic E-state index is 13.0. The molecule has 19 heavy (non-hydrogen) atoms. The highest BCUT2D eigenvalue weighted by Crippen LogP contribution is 2.18. The van der Waals surface area contributed by atoms with Gasteiger partial charge in [0.05, 0.1) is 5.02 Å². The molecule has 0 unspecified atom stereocenters. The standard InChI is InChI=1S/C13H14ClFN4/c1-8-6-18-13(16-2)19-12(8)17-7-9-3-4-11(15)10(14)5-9/h3-6H,7H2,1-2H3,(H2,16,17,18,19). The lowest BCUT2D eigenvalue weighted by Gasteiger charge is -2.10. The van der Waals surface area contributed by atoms with Crippen molar-refractivity contribution in [3.8, 4) is 0 Å². The number of hydrogen-bond acceptors (Lipinski definition) is 4. The van der Waals surface area contributed by atoms with Crippen LogP contribution in [-0.4, -0.2) is 17.0 Å². The van der Waals surface area contributed by atoms with E-state index in [0.717, 1.165) is 16.9 Å². The molecule has 0 aliphatic heterocycles. The smallest absolute Gasteiger partial charge is 0.224 e. The largest absolute Gasteiger partial charge is 0.366 e. The molecule has 0 aliphatic carbocycles. The number of benzene rings is 1. The average Bonchev–Trinajstić information content (AvgIpc) is 2.41. The van der Waals surface area contributed by atoms with Crippen LogP contribution < -0.4 is 10.6 Å². The van der Waals surface area contributed by atoms with E-state index in [1.54, 1.807) is 25.4 Å². The van der Waals surface area contributed by atoms with Crippen molar-refractivity contribution >= 4 is 23.4 Å². The minimum absolute atomic E-state index is 0.120. The maximum absolute atomic E-state index is 13.0. The van der Waals surface area contributed by atoms with Crippen molar-refractivity contribution in [2.24, 2.45) is 0 Å². The van der Waals surface area contributed by atoms with Crippen LogP contribution in [-0.2, 0) is 6.54 Å². The minimum atomic E-state index is -0.416. The van der Waals surface area contributed by atoms with Crippen molar-refractivity contribution in [2.45, 2.75) is 13.5 Å². The van der Waals surface area contributed by atoms with Gasteiger partial charge in [-0.1, -0.05) is 17.7 Å². The Morgan fingerprint density at radius 3 is 2.84 bits per heavy atom. The van der Waals surface area contributed by atoms with Crippen LogP contribution in [0, 0.1) is 12.7 Å². The van der Waals surface area contributed by atoms with Gasteiger partial charge in [0.1, 0.15) is 11.6 Å². The summed E-state index contributed by atoms with van der Waals surface area (Å²) >= 11 is 5.74. The summed E-state index contributed by atoms with van der Waals surface area (Å²) in [5.41, 5.74) is 1.82. The number of rotatable bonds is 4. The monoisotopic (exact) mass is 280 g/mol. The van der Waals surface area contributed by atoms with Gasteiger partial charge < -0.3 is 10.6 Å². The number of halogens is 2. The molecule has 0 saturated carbocycles. The third-order valence-electron chi connectivity index (χ3n) is 2.64. The lowest BCUT2D eigenvalue weighted by molar-refractivity contribution is 0.627. The lowest BCUT2D eigenvalue weighted by Crippen LogP contribution is -2.06. The molecular formula is C13H14ClFN4. The van der Waals surface area contributed by atoms with Gasteiger partial charge in [-0.05, 0) is 24.6 Å². The van der Waals surface area contributed by atoms with Crippen molar-refractivity contribution in [3.63, 3.8) is 0 Å². The highest BCUT2D eigenvalue weighted by molar-refractivity contribution is 6.30. The van der Waals surface area contributed by atoms with Crippen LogP contribution in [0.5, 0.6) is 0 Å². The molecule has 0 amide bonds. The molecule has 100 valence electrons. The van der Waals surface area contributed by atoms with Crippen molar-refractivity contribution in [1.82, 2.24) is 9.97 Å². The Bertz CT molecular complexity index is 589. The van der Waals surface area contributed by atoms with Crippen molar-refractivity contribution < 1.29 is 4.39 Å². The van der Waals surface area contributed by atoms with Crippen molar-refractivity contribution in [2.75, 3.05) is 17.7 Å². The first-order valence-corrected chi connectivity index (χ1v) is 6.17. The van der Waals surface area contributed by atoms with E-state index in [0.29, 0.717) is 12.5 Å². The van der Waals surface area contributed by atoms with E-state index in [2.05, 4.69) is 20.6 Å². The molecule has 1 heterocycles. The Morgan fingerprint density at radius 1 is 1.37 bits per heavy atom. The lowest BCUT2D eigenvalue weighted by atomic mass is 10.2. The summed E-state index contributed by atoms with van der Waals surface area (Å²) in [5, 5.41) is 6.17. The summed E-state index contributed by atoms with van der Waals surface area (Å²) in [5.74, 6) is 0.867. The molecule has 0 fully saturated rings. The molecule has 2 N–H and O–H groups in total. The van der Waals surface area contributed by atoms with E-state index >= 15 is 0 Å². The first kappa shape index (κ1) is 13.5. The van der Waals surface area contributed by atoms with Gasteiger partial charge in [-0.15, -0.1) is 0 Å². The molecule has 0 atom stereocenters. The average molecular weight is 281 g/mol. The quantitative estimate of drug-likeness (QED) is 0.903. The molecule has 0 saturated heterocycles. The maximum Gasteiger partial charge on any atom is 0.224 e. The minimum Gasteiger partial charge on any atom is -0.366 e. The second-order valence-corrected chi connectivity index (χ2v) is 4.48. The van der Waals surface area contributed by atoms with Gasteiger partial charge >= 0.3 is 0 Å². The summed E-state index contributed by atoms with van der Waals surface area (Å²) in [7, 11) is 1.76. The summed E-state index contributed by atoms with van der Waals surface area (Å²) in [6.45, 7) is 2.43. The van der Waals surface area contributed by atoms with Gasteiger partial charge in [-0.25, -0.2) is 9.37 Å². The highest BCUT2D eigenvalue weighted by atomic mass is 35.5. The Labute approximate surface area is 116 Å². The highest BCUT2D eigenvalue weighted by Gasteiger charge is 2.04. The van der Waals surface area contributed by atoms with Crippen LogP contribution in [0.4, 0.5) is 16.2 Å². The van der Waals surface area contributed by atoms with E-state index in [-0.39, 0.29) is 5.02 Å². The van der Waals surface area contributed by atoms with Gasteiger partial charge in [0.2, 0.25) is 5.95 Å². The molecule has 0 spiro atoms. The van der Waals surface area contributed by atoms with Crippen molar-refractivity contribution in [1.29, 1.82) is 0 Å². The Morgan fingerprint density at radius 2 is 2.16 bits per heavy atom. The molecule has 0 radical (unpaired) electrons. The molecule has 4 nitrogen and oxygen atoms in total. The zero-order chi connectivity index (χ0) is 13.8. The number of aromatic nitrogens is 2. The Kier molecular flexibility index (Phi) is 4.16. The zero-order valence-corrected chi connectivity index (χ0v) is 11.4. The first-order chi connectivity index (χ1) is 9.10. The summed E-state index contributed by atoms with van der Waals surface area (Å²) in [4.78, 5) is 8.41. The van der Waals surface area contributed by atoms with E-state index < -0.39 is 5.82 Å². The molecule has 0 aliphatic rings. The van der Waals surface area contributed by atoms with Crippen LogP contribution in [0.1, 0.15) is 11.1 Å². The normalized spacial score (nSPS) is 10.3. The van der Waals surface area contributed by atoms with Gasteiger partial charge in [0, 0.05) is 25.4 Å². The van der Waals surface area contributed by atoms with Crippen LogP contribution in [0.15, 0.2) is 24.4 Å². The number of aryl methyl sites for hydroxylation is 1. The summed E-state index contributed by atoms with van der Waals surface area (Å²) in [6.07, 6.45) is 1.73. The number of anilines is 2. The predicted octanol–water partition coefficient (Wildman–Crippen LogP) is 3.23. The van der Waals surface area contributed by atoms with Crippen LogP contribution in [0.3, 0.4) is 0 Å². The summed E-state index contributed by atoms with van der Waals surface area (Å²) < 4.78 is 13.0. The van der Waals surface area contributed by atoms with Gasteiger partial charge in [-0.2, -0.15) is 4.98 Å². The van der Waals surface area contributed by atoms with E-state index in [9.17, 15) is 4.39 Å². The molecule has 1 aromatic carbocycles. The van der Waals surface area contributed by atoms with Gasteiger partial charge in [-0.3, -0.25) is 0 Å². The molecule has 6 heteroatoms. The number of nitrogens with one attached hydrogen (secondary N) is 2. The molecule has 1 aromatic heterocycles. The molecule has 2 rings (SSSR count). The fraction of sp³-hybridized carbons (Fsp3) is 0.231. The van der Waals surface area contributed by atoms with Crippen molar-refractivity contribution in [3.05, 3.63) is 46.4 Å². The third kappa shape index (κ3) is 3.32. The second-order valence-electron chi connectivity index (χ2n) is 4.08. The molecule has 0 bridgehead atoms. The zero-order valence-electron chi connectivity index (χ0n) is 10.7.